The first kappa shape index (κ1) is 11.1. The number of benzene rings is 1. The van der Waals surface area contributed by atoms with Crippen LogP contribution in [0.25, 0.3) is 11.3 Å². The van der Waals surface area contributed by atoms with Crippen molar-refractivity contribution < 1.29 is 14.6 Å². The highest BCUT2D eigenvalue weighted by atomic mass is 16.5. The van der Waals surface area contributed by atoms with E-state index in [1.54, 1.807) is 18.2 Å². The van der Waals surface area contributed by atoms with E-state index >= 15 is 0 Å². The summed E-state index contributed by atoms with van der Waals surface area (Å²) in [6.45, 7) is 0. The van der Waals surface area contributed by atoms with Crippen molar-refractivity contribution in [2.24, 2.45) is 0 Å². The van der Waals surface area contributed by atoms with Crippen molar-refractivity contribution in [3.63, 3.8) is 0 Å². The van der Waals surface area contributed by atoms with E-state index in [2.05, 4.69) is 10.2 Å². The highest BCUT2D eigenvalue weighted by Gasteiger charge is 2.16. The van der Waals surface area contributed by atoms with Gasteiger partial charge in [-0.15, -0.1) is 0 Å². The Balaban J connectivity index is 2.56. The third-order valence-corrected chi connectivity index (χ3v) is 2.41. The minimum Gasteiger partial charge on any atom is -0.504 e. The third-order valence-electron chi connectivity index (χ3n) is 2.41. The fraction of sp³-hybridized carbons (Fsp3) is 0.182. The third kappa shape index (κ3) is 1.84. The van der Waals surface area contributed by atoms with Gasteiger partial charge in [-0.25, -0.2) is 0 Å². The van der Waals surface area contributed by atoms with Crippen LogP contribution in [0.2, 0.25) is 0 Å². The molecule has 0 saturated heterocycles. The molecule has 0 atom stereocenters. The molecule has 2 rings (SSSR count). The van der Waals surface area contributed by atoms with Crippen LogP contribution in [0.4, 0.5) is 5.82 Å². The summed E-state index contributed by atoms with van der Waals surface area (Å²) >= 11 is 0. The summed E-state index contributed by atoms with van der Waals surface area (Å²) in [7, 11) is 2.97. The zero-order chi connectivity index (χ0) is 12.4. The van der Waals surface area contributed by atoms with Crippen LogP contribution in [-0.4, -0.2) is 29.5 Å². The van der Waals surface area contributed by atoms with E-state index in [0.717, 1.165) is 0 Å². The fourth-order valence-electron chi connectivity index (χ4n) is 1.60. The summed E-state index contributed by atoms with van der Waals surface area (Å²) in [5.74, 6) is 1.07. The van der Waals surface area contributed by atoms with E-state index in [1.807, 2.05) is 0 Å². The van der Waals surface area contributed by atoms with Gasteiger partial charge in [0, 0.05) is 11.6 Å². The van der Waals surface area contributed by atoms with Crippen molar-refractivity contribution in [1.82, 2.24) is 10.2 Å². The maximum Gasteiger partial charge on any atom is 0.203 e. The minimum absolute atomic E-state index is 0.0181. The van der Waals surface area contributed by atoms with E-state index in [9.17, 15) is 5.11 Å². The molecule has 90 valence electrons. The van der Waals surface area contributed by atoms with Gasteiger partial charge < -0.3 is 20.3 Å². The van der Waals surface area contributed by atoms with Crippen LogP contribution in [-0.2, 0) is 0 Å². The highest BCUT2D eigenvalue weighted by Crippen LogP contribution is 2.42. The zero-order valence-electron chi connectivity index (χ0n) is 9.52. The molecule has 6 heteroatoms. The standard InChI is InChI=1S/C11H13N3O3/c1-16-8-4-3-6(10(15)11(8)17-2)7-5-9(12)14-13-7/h3-5,15H,1-2H3,(H3,12,13,14). The highest BCUT2D eigenvalue weighted by molar-refractivity contribution is 5.74. The molecule has 1 aromatic carbocycles. The molecule has 0 aliphatic carbocycles. The molecule has 0 amide bonds. The molecule has 0 spiro atoms. The van der Waals surface area contributed by atoms with Gasteiger partial charge in [0.05, 0.1) is 19.9 Å². The lowest BCUT2D eigenvalue weighted by Gasteiger charge is -2.11. The molecule has 1 heterocycles. The van der Waals surface area contributed by atoms with Crippen molar-refractivity contribution in [2.45, 2.75) is 0 Å². The van der Waals surface area contributed by atoms with Crippen LogP contribution in [0, 0.1) is 0 Å². The molecule has 6 nitrogen and oxygen atoms in total. The Morgan fingerprint density at radius 1 is 1.29 bits per heavy atom. The maximum absolute atomic E-state index is 10.1. The van der Waals surface area contributed by atoms with Gasteiger partial charge in [-0.1, -0.05) is 0 Å². The van der Waals surface area contributed by atoms with Gasteiger partial charge in [-0.05, 0) is 12.1 Å². The first-order chi connectivity index (χ1) is 8.17. The molecule has 0 aliphatic heterocycles. The number of hydrogen-bond donors (Lipinski definition) is 3. The quantitative estimate of drug-likeness (QED) is 0.747. The van der Waals surface area contributed by atoms with Crippen molar-refractivity contribution in [1.29, 1.82) is 0 Å². The van der Waals surface area contributed by atoms with Gasteiger partial charge in [0.1, 0.15) is 5.82 Å². The number of aromatic nitrogens is 2. The Bertz CT molecular complexity index is 537. The number of aromatic hydroxyl groups is 1. The summed E-state index contributed by atoms with van der Waals surface area (Å²) in [5.41, 5.74) is 6.67. The molecule has 2 aromatic rings. The summed E-state index contributed by atoms with van der Waals surface area (Å²) < 4.78 is 10.2. The average Bonchev–Trinajstić information content (AvgIpc) is 2.75. The van der Waals surface area contributed by atoms with Crippen molar-refractivity contribution >= 4 is 5.82 Å². The Morgan fingerprint density at radius 3 is 2.59 bits per heavy atom. The lowest BCUT2D eigenvalue weighted by molar-refractivity contribution is 0.333. The van der Waals surface area contributed by atoms with E-state index in [1.165, 1.54) is 14.2 Å². The largest absolute Gasteiger partial charge is 0.504 e. The van der Waals surface area contributed by atoms with Crippen LogP contribution >= 0.6 is 0 Å². The van der Waals surface area contributed by atoms with Gasteiger partial charge in [0.25, 0.3) is 0 Å². The number of hydrogen-bond acceptors (Lipinski definition) is 5. The zero-order valence-corrected chi connectivity index (χ0v) is 9.52. The van der Waals surface area contributed by atoms with Crippen LogP contribution in [0.5, 0.6) is 17.2 Å². The number of anilines is 1. The van der Waals surface area contributed by atoms with E-state index < -0.39 is 0 Å². The minimum atomic E-state index is -0.0181. The number of rotatable bonds is 3. The Kier molecular flexibility index (Phi) is 2.78. The molecule has 0 saturated carbocycles. The maximum atomic E-state index is 10.1. The average molecular weight is 235 g/mol. The second kappa shape index (κ2) is 4.25. The molecule has 4 N–H and O–H groups in total. The predicted molar refractivity (Wildman–Crippen MR) is 63.2 cm³/mol. The molecule has 0 unspecified atom stereocenters. The Hall–Kier alpha value is -2.37. The Morgan fingerprint density at radius 2 is 2.06 bits per heavy atom. The Labute approximate surface area is 98.0 Å². The van der Waals surface area contributed by atoms with Gasteiger partial charge in [-0.3, -0.25) is 5.10 Å². The number of phenolic OH excluding ortho intramolecular Hbond substituents is 1. The molecule has 0 fully saturated rings. The van der Waals surface area contributed by atoms with Crippen LogP contribution in [0.15, 0.2) is 18.2 Å². The van der Waals surface area contributed by atoms with E-state index in [-0.39, 0.29) is 11.5 Å². The predicted octanol–water partition coefficient (Wildman–Crippen LogP) is 1.38. The summed E-state index contributed by atoms with van der Waals surface area (Å²) in [5, 5.41) is 16.6. The second-order valence-corrected chi connectivity index (χ2v) is 3.40. The van der Waals surface area contributed by atoms with Gasteiger partial charge in [-0.2, -0.15) is 5.10 Å². The molecule has 0 bridgehead atoms. The summed E-state index contributed by atoms with van der Waals surface area (Å²) in [4.78, 5) is 0. The number of nitrogen functional groups attached to an aromatic ring is 1. The van der Waals surface area contributed by atoms with E-state index in [4.69, 9.17) is 15.2 Å². The first-order valence-electron chi connectivity index (χ1n) is 4.92. The number of H-pyrrole nitrogens is 1. The number of nitrogens with zero attached hydrogens (tertiary/aromatic N) is 1. The molecule has 1 aromatic heterocycles. The molecular weight excluding hydrogens is 222 g/mol. The molecule has 17 heavy (non-hydrogen) atoms. The normalized spacial score (nSPS) is 10.2. The number of nitrogens with two attached hydrogens (primary N) is 1. The summed E-state index contributed by atoms with van der Waals surface area (Å²) in [6.07, 6.45) is 0. The number of methoxy groups -OCH3 is 2. The van der Waals surface area contributed by atoms with Crippen molar-refractivity contribution in [2.75, 3.05) is 20.0 Å². The van der Waals surface area contributed by atoms with Crippen LogP contribution in [0.3, 0.4) is 0 Å². The van der Waals surface area contributed by atoms with Gasteiger partial charge >= 0.3 is 0 Å². The van der Waals surface area contributed by atoms with Gasteiger partial charge in [0.2, 0.25) is 5.75 Å². The van der Waals surface area contributed by atoms with Crippen molar-refractivity contribution in [3.8, 4) is 28.5 Å². The van der Waals surface area contributed by atoms with Crippen LogP contribution < -0.4 is 15.2 Å². The first-order valence-corrected chi connectivity index (χ1v) is 4.92. The van der Waals surface area contributed by atoms with Gasteiger partial charge in [0.15, 0.2) is 11.5 Å². The number of nitrogens with one attached hydrogen (secondary N) is 1. The molecule has 0 aliphatic rings. The lowest BCUT2D eigenvalue weighted by Crippen LogP contribution is -1.92. The number of aromatic amines is 1. The number of ether oxygens (including phenoxy) is 2. The molecule has 0 radical (unpaired) electrons. The lowest BCUT2D eigenvalue weighted by atomic mass is 10.1. The second-order valence-electron chi connectivity index (χ2n) is 3.40. The topological polar surface area (TPSA) is 93.4 Å². The smallest absolute Gasteiger partial charge is 0.203 e. The summed E-state index contributed by atoms with van der Waals surface area (Å²) in [6, 6.07) is 5.02. The fourth-order valence-corrected chi connectivity index (χ4v) is 1.60. The SMILES string of the molecule is COc1ccc(-c2cc(N)n[nH]2)c(O)c1OC. The van der Waals surface area contributed by atoms with E-state index in [0.29, 0.717) is 22.8 Å². The van der Waals surface area contributed by atoms with Crippen molar-refractivity contribution in [3.05, 3.63) is 18.2 Å². The monoisotopic (exact) mass is 235 g/mol. The number of phenols is 1. The molecular formula is C11H13N3O3. The van der Waals surface area contributed by atoms with Crippen LogP contribution in [0.1, 0.15) is 0 Å².